The zero-order chi connectivity index (χ0) is 16.5. The molecule has 0 fully saturated rings. The number of halogens is 1. The van der Waals surface area contributed by atoms with Gasteiger partial charge in [0.1, 0.15) is 5.82 Å². The lowest BCUT2D eigenvalue weighted by molar-refractivity contribution is -0.129. The lowest BCUT2D eigenvalue weighted by Crippen LogP contribution is -2.38. The van der Waals surface area contributed by atoms with Gasteiger partial charge in [-0.25, -0.2) is 4.39 Å². The molecule has 2 amide bonds. The van der Waals surface area contributed by atoms with E-state index in [0.717, 1.165) is 5.56 Å². The summed E-state index contributed by atoms with van der Waals surface area (Å²) >= 11 is 0. The van der Waals surface area contributed by atoms with Crippen molar-refractivity contribution >= 4 is 11.8 Å². The Morgan fingerprint density at radius 1 is 1.18 bits per heavy atom. The van der Waals surface area contributed by atoms with Gasteiger partial charge in [0.2, 0.25) is 11.8 Å². The minimum absolute atomic E-state index is 0.0111. The maximum atomic E-state index is 12.8. The molecule has 0 heterocycles. The van der Waals surface area contributed by atoms with E-state index in [2.05, 4.69) is 5.32 Å². The molecular formula is C17H25FN2O2. The highest BCUT2D eigenvalue weighted by Gasteiger charge is 2.10. The maximum absolute atomic E-state index is 12.8. The molecule has 1 aromatic rings. The number of carbonyl (C=O) groups is 2. The van der Waals surface area contributed by atoms with Crippen LogP contribution in [0.3, 0.4) is 0 Å². The molecule has 0 aliphatic rings. The number of carbonyl (C=O) groups excluding carboxylic acids is 2. The average Bonchev–Trinajstić information content (AvgIpc) is 2.43. The van der Waals surface area contributed by atoms with Crippen molar-refractivity contribution in [3.8, 4) is 0 Å². The number of amides is 2. The fourth-order valence-corrected chi connectivity index (χ4v) is 2.12. The van der Waals surface area contributed by atoms with E-state index in [-0.39, 0.29) is 17.6 Å². The van der Waals surface area contributed by atoms with Gasteiger partial charge in [0.25, 0.3) is 0 Å². The Labute approximate surface area is 131 Å². The molecule has 1 rings (SSSR count). The van der Waals surface area contributed by atoms with Gasteiger partial charge in [-0.2, -0.15) is 0 Å². The van der Waals surface area contributed by atoms with E-state index in [4.69, 9.17) is 0 Å². The molecule has 0 aliphatic heterocycles. The quantitative estimate of drug-likeness (QED) is 0.801. The van der Waals surface area contributed by atoms with Crippen molar-refractivity contribution in [1.82, 2.24) is 10.2 Å². The van der Waals surface area contributed by atoms with E-state index in [0.29, 0.717) is 38.4 Å². The summed E-state index contributed by atoms with van der Waals surface area (Å²) in [6, 6.07) is 6.27. The van der Waals surface area contributed by atoms with Crippen molar-refractivity contribution in [2.24, 2.45) is 5.92 Å². The summed E-state index contributed by atoms with van der Waals surface area (Å²) in [6.07, 6.45) is 1.16. The molecule has 122 valence electrons. The van der Waals surface area contributed by atoms with Crippen molar-refractivity contribution in [2.45, 2.75) is 33.6 Å². The van der Waals surface area contributed by atoms with Crippen LogP contribution in [-0.2, 0) is 16.0 Å². The van der Waals surface area contributed by atoms with Crippen LogP contribution < -0.4 is 5.32 Å². The van der Waals surface area contributed by atoms with Crippen LogP contribution in [0.1, 0.15) is 32.8 Å². The number of hydrogen-bond acceptors (Lipinski definition) is 2. The minimum atomic E-state index is -0.264. The van der Waals surface area contributed by atoms with E-state index < -0.39 is 0 Å². The van der Waals surface area contributed by atoms with Gasteiger partial charge in [0, 0.05) is 33.0 Å². The predicted octanol–water partition coefficient (Wildman–Crippen LogP) is 2.38. The molecule has 1 aromatic carbocycles. The summed E-state index contributed by atoms with van der Waals surface area (Å²) in [6.45, 7) is 6.99. The number of benzene rings is 1. The van der Waals surface area contributed by atoms with Gasteiger partial charge in [-0.15, -0.1) is 0 Å². The molecule has 0 aliphatic carbocycles. The molecule has 0 aromatic heterocycles. The van der Waals surface area contributed by atoms with Crippen LogP contribution in [0.25, 0.3) is 0 Å². The Morgan fingerprint density at radius 3 is 2.36 bits per heavy atom. The van der Waals surface area contributed by atoms with Gasteiger partial charge in [0.15, 0.2) is 0 Å². The van der Waals surface area contributed by atoms with Gasteiger partial charge in [-0.3, -0.25) is 9.59 Å². The predicted molar refractivity (Wildman–Crippen MR) is 84.8 cm³/mol. The molecule has 0 unspecified atom stereocenters. The molecule has 0 spiro atoms. The molecule has 4 nitrogen and oxygen atoms in total. The Hall–Kier alpha value is -1.91. The van der Waals surface area contributed by atoms with E-state index in [9.17, 15) is 14.0 Å². The van der Waals surface area contributed by atoms with Crippen molar-refractivity contribution < 1.29 is 14.0 Å². The Bertz CT molecular complexity index is 486. The molecule has 0 radical (unpaired) electrons. The number of hydrogen-bond donors (Lipinski definition) is 1. The lowest BCUT2D eigenvalue weighted by Gasteiger charge is -2.21. The normalized spacial score (nSPS) is 10.6. The standard InChI is InChI=1S/C17H25FN2O2/c1-13(2)12-17(22)19-9-11-20(14(3)21)10-8-15-4-6-16(18)7-5-15/h4-7,13H,8-12H2,1-3H3,(H,19,22). The van der Waals surface area contributed by atoms with Crippen LogP contribution in [0.4, 0.5) is 4.39 Å². The van der Waals surface area contributed by atoms with Crippen LogP contribution in [0.5, 0.6) is 0 Å². The van der Waals surface area contributed by atoms with Gasteiger partial charge in [-0.05, 0) is 30.0 Å². The van der Waals surface area contributed by atoms with Crippen LogP contribution in [0.15, 0.2) is 24.3 Å². The summed E-state index contributed by atoms with van der Waals surface area (Å²) < 4.78 is 12.8. The van der Waals surface area contributed by atoms with E-state index >= 15 is 0 Å². The zero-order valence-electron chi connectivity index (χ0n) is 13.6. The fourth-order valence-electron chi connectivity index (χ4n) is 2.12. The second-order valence-electron chi connectivity index (χ2n) is 5.83. The van der Waals surface area contributed by atoms with Crippen molar-refractivity contribution in [1.29, 1.82) is 0 Å². The highest BCUT2D eigenvalue weighted by Crippen LogP contribution is 2.05. The minimum Gasteiger partial charge on any atom is -0.354 e. The van der Waals surface area contributed by atoms with Crippen molar-refractivity contribution in [2.75, 3.05) is 19.6 Å². The van der Waals surface area contributed by atoms with Crippen LogP contribution in [0.2, 0.25) is 0 Å². The third kappa shape index (κ3) is 7.20. The third-order valence-electron chi connectivity index (χ3n) is 3.33. The Morgan fingerprint density at radius 2 is 1.82 bits per heavy atom. The van der Waals surface area contributed by atoms with Gasteiger partial charge in [-0.1, -0.05) is 26.0 Å². The first-order valence-corrected chi connectivity index (χ1v) is 7.65. The second kappa shape index (κ2) is 9.18. The van der Waals surface area contributed by atoms with E-state index in [1.54, 1.807) is 17.0 Å². The number of nitrogens with one attached hydrogen (secondary N) is 1. The maximum Gasteiger partial charge on any atom is 0.220 e. The molecule has 0 atom stereocenters. The second-order valence-corrected chi connectivity index (χ2v) is 5.83. The number of rotatable bonds is 8. The first-order valence-electron chi connectivity index (χ1n) is 7.65. The SMILES string of the molecule is CC(=O)N(CCNC(=O)CC(C)C)CCc1ccc(F)cc1. The summed E-state index contributed by atoms with van der Waals surface area (Å²) in [4.78, 5) is 24.9. The van der Waals surface area contributed by atoms with Gasteiger partial charge in [0.05, 0.1) is 0 Å². The molecule has 0 saturated carbocycles. The molecule has 22 heavy (non-hydrogen) atoms. The topological polar surface area (TPSA) is 49.4 Å². The Balaban J connectivity index is 2.37. The smallest absolute Gasteiger partial charge is 0.220 e. The third-order valence-corrected chi connectivity index (χ3v) is 3.33. The number of nitrogens with zero attached hydrogens (tertiary/aromatic N) is 1. The van der Waals surface area contributed by atoms with Gasteiger partial charge >= 0.3 is 0 Å². The molecular weight excluding hydrogens is 283 g/mol. The highest BCUT2D eigenvalue weighted by molar-refractivity contribution is 5.76. The lowest BCUT2D eigenvalue weighted by atomic mass is 10.1. The summed E-state index contributed by atoms with van der Waals surface area (Å²) in [5, 5.41) is 2.82. The summed E-state index contributed by atoms with van der Waals surface area (Å²) in [5.74, 6) is 0.0414. The molecule has 1 N–H and O–H groups in total. The average molecular weight is 308 g/mol. The van der Waals surface area contributed by atoms with Crippen LogP contribution in [-0.4, -0.2) is 36.3 Å². The van der Waals surface area contributed by atoms with Crippen LogP contribution in [0, 0.1) is 11.7 Å². The molecule has 5 heteroatoms. The zero-order valence-corrected chi connectivity index (χ0v) is 13.6. The van der Waals surface area contributed by atoms with Crippen molar-refractivity contribution in [3.05, 3.63) is 35.6 Å². The van der Waals surface area contributed by atoms with Gasteiger partial charge < -0.3 is 10.2 Å². The first-order chi connectivity index (χ1) is 10.4. The fraction of sp³-hybridized carbons (Fsp3) is 0.529. The summed E-state index contributed by atoms with van der Waals surface area (Å²) in [7, 11) is 0. The van der Waals surface area contributed by atoms with E-state index in [1.807, 2.05) is 13.8 Å². The monoisotopic (exact) mass is 308 g/mol. The largest absolute Gasteiger partial charge is 0.354 e. The van der Waals surface area contributed by atoms with Crippen molar-refractivity contribution in [3.63, 3.8) is 0 Å². The molecule has 0 saturated heterocycles. The van der Waals surface area contributed by atoms with Crippen LogP contribution >= 0.6 is 0 Å². The Kier molecular flexibility index (Phi) is 7.57. The first kappa shape index (κ1) is 18.1. The summed E-state index contributed by atoms with van der Waals surface area (Å²) in [5.41, 5.74) is 0.983. The molecule has 0 bridgehead atoms. The highest BCUT2D eigenvalue weighted by atomic mass is 19.1. The van der Waals surface area contributed by atoms with E-state index in [1.165, 1.54) is 19.1 Å².